The van der Waals surface area contributed by atoms with Gasteiger partial charge in [-0.1, -0.05) is 29.3 Å². The molecule has 1 heterocycles. The van der Waals surface area contributed by atoms with E-state index in [2.05, 4.69) is 0 Å². The number of aryl methyl sites for hydroxylation is 2. The summed E-state index contributed by atoms with van der Waals surface area (Å²) in [5.74, 6) is -0.621. The van der Waals surface area contributed by atoms with E-state index in [0.717, 1.165) is 11.1 Å². The lowest BCUT2D eigenvalue weighted by atomic mass is 10.0. The molecule has 1 amide bonds. The van der Waals surface area contributed by atoms with Gasteiger partial charge in [-0.15, -0.1) is 0 Å². The molecular weight excluding hydrogens is 364 g/mol. The summed E-state index contributed by atoms with van der Waals surface area (Å²) in [4.78, 5) is 14.5. The highest BCUT2D eigenvalue weighted by molar-refractivity contribution is 6.35. The molecule has 1 aliphatic rings. The van der Waals surface area contributed by atoms with Crippen molar-refractivity contribution in [3.63, 3.8) is 0 Å². The third-order valence-electron chi connectivity index (χ3n) is 4.49. The van der Waals surface area contributed by atoms with E-state index in [-0.39, 0.29) is 10.9 Å². The monoisotopic (exact) mass is 381 g/mol. The fourth-order valence-electron chi connectivity index (χ4n) is 2.86. The van der Waals surface area contributed by atoms with Crippen molar-refractivity contribution < 1.29 is 13.9 Å². The molecule has 1 aliphatic heterocycles. The number of hydrogen-bond acceptors (Lipinski definition) is 2. The maximum absolute atomic E-state index is 13.8. The number of carbonyl (C=O) groups is 1. The predicted octanol–water partition coefficient (Wildman–Crippen LogP) is 4.96. The molecule has 0 spiro atoms. The molecule has 6 heteroatoms. The zero-order valence-electron chi connectivity index (χ0n) is 14.0. The lowest BCUT2D eigenvalue weighted by molar-refractivity contribution is -0.0228. The second kappa shape index (κ2) is 7.32. The molecule has 0 aromatic heterocycles. The number of ether oxygens (including phenoxy) is 1. The van der Waals surface area contributed by atoms with Crippen molar-refractivity contribution in [3.05, 3.63) is 68.4 Å². The maximum atomic E-state index is 13.8. The van der Waals surface area contributed by atoms with Gasteiger partial charge in [-0.05, 0) is 49.2 Å². The number of benzene rings is 2. The SMILES string of the molecule is Cc1ccc(C(=O)N2CCOC(c3cc(F)c(Cl)cc3Cl)C2)cc1C. The molecule has 0 aliphatic carbocycles. The summed E-state index contributed by atoms with van der Waals surface area (Å²) in [6.07, 6.45) is -0.483. The van der Waals surface area contributed by atoms with E-state index >= 15 is 0 Å². The van der Waals surface area contributed by atoms with Gasteiger partial charge in [0.2, 0.25) is 0 Å². The van der Waals surface area contributed by atoms with Crippen LogP contribution in [-0.2, 0) is 4.74 Å². The second-order valence-corrected chi connectivity index (χ2v) is 7.01. The van der Waals surface area contributed by atoms with Gasteiger partial charge >= 0.3 is 0 Å². The summed E-state index contributed by atoms with van der Waals surface area (Å²) < 4.78 is 19.5. The summed E-state index contributed by atoms with van der Waals surface area (Å²) in [6, 6.07) is 8.29. The Morgan fingerprint density at radius 2 is 1.92 bits per heavy atom. The fourth-order valence-corrected chi connectivity index (χ4v) is 3.37. The van der Waals surface area contributed by atoms with Crippen LogP contribution in [0.5, 0.6) is 0 Å². The van der Waals surface area contributed by atoms with Crippen LogP contribution in [0.25, 0.3) is 0 Å². The first-order valence-corrected chi connectivity index (χ1v) is 8.75. The molecule has 0 bridgehead atoms. The number of amides is 1. The quantitative estimate of drug-likeness (QED) is 0.687. The Hall–Kier alpha value is -1.62. The summed E-state index contributed by atoms with van der Waals surface area (Å²) in [6.45, 7) is 5.14. The number of carbonyl (C=O) groups excluding carboxylic acids is 1. The van der Waals surface area contributed by atoms with E-state index in [1.165, 1.54) is 12.1 Å². The number of morpholine rings is 1. The van der Waals surface area contributed by atoms with Crippen molar-refractivity contribution in [2.24, 2.45) is 0 Å². The van der Waals surface area contributed by atoms with Crippen molar-refractivity contribution in [1.82, 2.24) is 4.90 Å². The normalized spacial score (nSPS) is 17.6. The second-order valence-electron chi connectivity index (χ2n) is 6.20. The van der Waals surface area contributed by atoms with Gasteiger partial charge in [0.15, 0.2) is 0 Å². The predicted molar refractivity (Wildman–Crippen MR) is 96.9 cm³/mol. The van der Waals surface area contributed by atoms with Gasteiger partial charge in [-0.25, -0.2) is 4.39 Å². The van der Waals surface area contributed by atoms with E-state index in [1.54, 1.807) is 4.90 Å². The number of halogens is 3. The van der Waals surface area contributed by atoms with Crippen LogP contribution in [0.3, 0.4) is 0 Å². The van der Waals surface area contributed by atoms with Crippen LogP contribution in [0.2, 0.25) is 10.0 Å². The number of nitrogens with zero attached hydrogens (tertiary/aromatic N) is 1. The van der Waals surface area contributed by atoms with Crippen LogP contribution in [0.4, 0.5) is 4.39 Å². The number of rotatable bonds is 2. The molecule has 1 saturated heterocycles. The molecule has 1 fully saturated rings. The Morgan fingerprint density at radius 1 is 1.16 bits per heavy atom. The molecule has 3 nitrogen and oxygen atoms in total. The smallest absolute Gasteiger partial charge is 0.254 e. The molecular formula is C19H18Cl2FNO2. The first kappa shape index (κ1) is 18.2. The molecule has 1 unspecified atom stereocenters. The highest BCUT2D eigenvalue weighted by Crippen LogP contribution is 2.32. The van der Waals surface area contributed by atoms with E-state index in [4.69, 9.17) is 27.9 Å². The minimum Gasteiger partial charge on any atom is -0.370 e. The van der Waals surface area contributed by atoms with Crippen molar-refractivity contribution in [3.8, 4) is 0 Å². The molecule has 0 N–H and O–H groups in total. The Balaban J connectivity index is 1.82. The lowest BCUT2D eigenvalue weighted by Crippen LogP contribution is -2.42. The Bertz CT molecular complexity index is 825. The lowest BCUT2D eigenvalue weighted by Gasteiger charge is -2.33. The maximum Gasteiger partial charge on any atom is 0.254 e. The Labute approximate surface area is 156 Å². The van der Waals surface area contributed by atoms with Crippen LogP contribution < -0.4 is 0 Å². The van der Waals surface area contributed by atoms with E-state index in [1.807, 2.05) is 32.0 Å². The van der Waals surface area contributed by atoms with Gasteiger partial charge in [-0.3, -0.25) is 4.79 Å². The van der Waals surface area contributed by atoms with E-state index in [9.17, 15) is 9.18 Å². The summed E-state index contributed by atoms with van der Waals surface area (Å²) in [7, 11) is 0. The standard InChI is InChI=1S/C19H18Cl2FNO2/c1-11-3-4-13(7-12(11)2)19(24)23-5-6-25-18(10-23)14-8-17(22)16(21)9-15(14)20/h3-4,7-9,18H,5-6,10H2,1-2H3. The van der Waals surface area contributed by atoms with Crippen molar-refractivity contribution in [1.29, 1.82) is 0 Å². The zero-order valence-corrected chi connectivity index (χ0v) is 15.5. The summed E-state index contributed by atoms with van der Waals surface area (Å²) >= 11 is 11.9. The summed E-state index contributed by atoms with van der Waals surface area (Å²) in [5.41, 5.74) is 3.34. The van der Waals surface area contributed by atoms with E-state index in [0.29, 0.717) is 35.8 Å². The molecule has 3 rings (SSSR count). The molecule has 1 atom stereocenters. The first-order valence-electron chi connectivity index (χ1n) is 7.99. The molecule has 2 aromatic carbocycles. The van der Waals surface area contributed by atoms with Gasteiger partial charge in [-0.2, -0.15) is 0 Å². The molecule has 0 radical (unpaired) electrons. The molecule has 2 aromatic rings. The molecule has 0 saturated carbocycles. The van der Waals surface area contributed by atoms with E-state index < -0.39 is 11.9 Å². The largest absolute Gasteiger partial charge is 0.370 e. The molecule has 132 valence electrons. The topological polar surface area (TPSA) is 29.5 Å². The van der Waals surface area contributed by atoms with Crippen LogP contribution >= 0.6 is 23.2 Å². The minimum absolute atomic E-state index is 0.0346. The average molecular weight is 382 g/mol. The van der Waals surface area contributed by atoms with Crippen molar-refractivity contribution in [2.75, 3.05) is 19.7 Å². The van der Waals surface area contributed by atoms with Crippen LogP contribution in [0.15, 0.2) is 30.3 Å². The van der Waals surface area contributed by atoms with Gasteiger partial charge in [0.25, 0.3) is 5.91 Å². The highest BCUT2D eigenvalue weighted by Gasteiger charge is 2.28. The average Bonchev–Trinajstić information content (AvgIpc) is 2.60. The van der Waals surface area contributed by atoms with Gasteiger partial charge in [0.05, 0.1) is 18.2 Å². The Morgan fingerprint density at radius 3 is 2.64 bits per heavy atom. The van der Waals surface area contributed by atoms with Crippen molar-refractivity contribution in [2.45, 2.75) is 20.0 Å². The zero-order chi connectivity index (χ0) is 18.1. The highest BCUT2D eigenvalue weighted by atomic mass is 35.5. The van der Waals surface area contributed by atoms with Crippen LogP contribution in [-0.4, -0.2) is 30.5 Å². The number of hydrogen-bond donors (Lipinski definition) is 0. The third kappa shape index (κ3) is 3.81. The third-order valence-corrected chi connectivity index (χ3v) is 5.11. The minimum atomic E-state index is -0.553. The first-order chi connectivity index (χ1) is 11.9. The summed E-state index contributed by atoms with van der Waals surface area (Å²) in [5, 5.41) is 0.296. The van der Waals surface area contributed by atoms with Gasteiger partial charge in [0, 0.05) is 22.7 Å². The molecule has 25 heavy (non-hydrogen) atoms. The van der Waals surface area contributed by atoms with Crippen LogP contribution in [0, 0.1) is 19.7 Å². The van der Waals surface area contributed by atoms with Crippen molar-refractivity contribution >= 4 is 29.1 Å². The van der Waals surface area contributed by atoms with Gasteiger partial charge < -0.3 is 9.64 Å². The van der Waals surface area contributed by atoms with Crippen LogP contribution in [0.1, 0.15) is 33.2 Å². The fraction of sp³-hybridized carbons (Fsp3) is 0.316. The van der Waals surface area contributed by atoms with Gasteiger partial charge in [0.1, 0.15) is 11.9 Å². The Kier molecular flexibility index (Phi) is 5.32.